The molecule has 0 aliphatic carbocycles. The highest BCUT2D eigenvalue weighted by atomic mass is 16.4. The number of hydrogen-bond acceptors (Lipinski definition) is 4. The van der Waals surface area contributed by atoms with Crippen molar-refractivity contribution in [1.82, 2.24) is 10.3 Å². The van der Waals surface area contributed by atoms with E-state index in [9.17, 15) is 4.79 Å². The summed E-state index contributed by atoms with van der Waals surface area (Å²) in [4.78, 5) is 15.8. The summed E-state index contributed by atoms with van der Waals surface area (Å²) in [6, 6.07) is 7.58. The Labute approximate surface area is 118 Å². The van der Waals surface area contributed by atoms with Crippen molar-refractivity contribution in [1.29, 1.82) is 0 Å². The lowest BCUT2D eigenvalue weighted by Gasteiger charge is -2.05. The van der Waals surface area contributed by atoms with E-state index in [1.165, 1.54) is 0 Å². The van der Waals surface area contributed by atoms with Crippen molar-refractivity contribution in [2.45, 2.75) is 32.7 Å². The molecule has 0 aliphatic rings. The van der Waals surface area contributed by atoms with Gasteiger partial charge in [0.1, 0.15) is 5.76 Å². The van der Waals surface area contributed by atoms with Crippen LogP contribution in [0.2, 0.25) is 0 Å². The van der Waals surface area contributed by atoms with Gasteiger partial charge in [-0.15, -0.1) is 0 Å². The molecule has 1 heterocycles. The van der Waals surface area contributed by atoms with Crippen LogP contribution in [0.3, 0.4) is 0 Å². The Bertz CT molecular complexity index is 578. The van der Waals surface area contributed by atoms with E-state index in [0.717, 1.165) is 23.4 Å². The van der Waals surface area contributed by atoms with Crippen molar-refractivity contribution >= 4 is 11.6 Å². The molecule has 5 nitrogen and oxygen atoms in total. The minimum Gasteiger partial charge on any atom is -0.444 e. The number of oxazole rings is 1. The number of aromatic nitrogens is 1. The maximum Gasteiger partial charge on any atom is 0.220 e. The summed E-state index contributed by atoms with van der Waals surface area (Å²) in [6.45, 7) is 2.32. The highest BCUT2D eigenvalue weighted by Gasteiger charge is 2.07. The van der Waals surface area contributed by atoms with E-state index in [2.05, 4.69) is 10.3 Å². The molecule has 0 fully saturated rings. The van der Waals surface area contributed by atoms with Crippen molar-refractivity contribution in [3.05, 3.63) is 47.7 Å². The number of carbonyl (C=O) groups excluding carboxylic acids is 1. The maximum atomic E-state index is 11.8. The number of anilines is 1. The summed E-state index contributed by atoms with van der Waals surface area (Å²) < 4.78 is 5.42. The molecule has 0 bridgehead atoms. The third-order valence-corrected chi connectivity index (χ3v) is 3.06. The second-order valence-electron chi connectivity index (χ2n) is 4.55. The molecule has 2 rings (SSSR count). The lowest BCUT2D eigenvalue weighted by Crippen LogP contribution is -2.23. The minimum absolute atomic E-state index is 0.0375. The van der Waals surface area contributed by atoms with Crippen LogP contribution in [0.15, 0.2) is 34.9 Å². The SMILES string of the molecule is CCc1cnc(CNC(=O)CCc2ccccc2N)o1. The molecule has 0 saturated carbocycles. The topological polar surface area (TPSA) is 81.2 Å². The first-order valence-electron chi connectivity index (χ1n) is 6.72. The molecule has 5 heteroatoms. The molecular formula is C15H19N3O2. The van der Waals surface area contributed by atoms with Gasteiger partial charge in [-0.25, -0.2) is 4.98 Å². The Morgan fingerprint density at radius 3 is 2.90 bits per heavy atom. The molecule has 106 valence electrons. The monoisotopic (exact) mass is 273 g/mol. The van der Waals surface area contributed by atoms with Crippen LogP contribution < -0.4 is 11.1 Å². The minimum atomic E-state index is -0.0375. The Morgan fingerprint density at radius 1 is 1.40 bits per heavy atom. The Balaban J connectivity index is 1.77. The molecule has 0 unspecified atom stereocenters. The largest absolute Gasteiger partial charge is 0.444 e. The third-order valence-electron chi connectivity index (χ3n) is 3.06. The smallest absolute Gasteiger partial charge is 0.220 e. The number of nitrogens with zero attached hydrogens (tertiary/aromatic N) is 1. The van der Waals surface area contributed by atoms with Crippen LogP contribution in [-0.4, -0.2) is 10.9 Å². The number of nitrogens with two attached hydrogens (primary N) is 1. The first kappa shape index (κ1) is 14.1. The molecule has 1 amide bonds. The summed E-state index contributed by atoms with van der Waals surface area (Å²) in [5.41, 5.74) is 7.55. The Morgan fingerprint density at radius 2 is 2.20 bits per heavy atom. The molecule has 1 aromatic heterocycles. The first-order chi connectivity index (χ1) is 9.69. The number of hydrogen-bond donors (Lipinski definition) is 2. The van der Waals surface area contributed by atoms with Gasteiger partial charge in [0, 0.05) is 18.5 Å². The van der Waals surface area contributed by atoms with Crippen LogP contribution in [0.5, 0.6) is 0 Å². The average Bonchev–Trinajstić information content (AvgIpc) is 2.92. The lowest BCUT2D eigenvalue weighted by molar-refractivity contribution is -0.121. The summed E-state index contributed by atoms with van der Waals surface area (Å²) in [5, 5.41) is 2.79. The van der Waals surface area contributed by atoms with E-state index in [1.54, 1.807) is 6.20 Å². The highest BCUT2D eigenvalue weighted by Crippen LogP contribution is 2.12. The van der Waals surface area contributed by atoms with Gasteiger partial charge < -0.3 is 15.5 Å². The molecule has 0 saturated heterocycles. The van der Waals surface area contributed by atoms with Gasteiger partial charge in [-0.2, -0.15) is 0 Å². The van der Waals surface area contributed by atoms with Gasteiger partial charge in [-0.3, -0.25) is 4.79 Å². The maximum absolute atomic E-state index is 11.8. The molecule has 0 atom stereocenters. The van der Waals surface area contributed by atoms with Crippen LogP contribution in [0.25, 0.3) is 0 Å². The molecule has 0 spiro atoms. The Hall–Kier alpha value is -2.30. The van der Waals surface area contributed by atoms with Crippen LogP contribution >= 0.6 is 0 Å². The first-order valence-corrected chi connectivity index (χ1v) is 6.72. The van der Waals surface area contributed by atoms with Gasteiger partial charge in [-0.1, -0.05) is 25.1 Å². The number of para-hydroxylation sites is 1. The quantitative estimate of drug-likeness (QED) is 0.789. The normalized spacial score (nSPS) is 10.4. The van der Waals surface area contributed by atoms with Crippen molar-refractivity contribution in [2.75, 3.05) is 5.73 Å². The van der Waals surface area contributed by atoms with Crippen molar-refractivity contribution in [2.24, 2.45) is 0 Å². The second kappa shape index (κ2) is 6.75. The lowest BCUT2D eigenvalue weighted by atomic mass is 10.1. The molecule has 1 aromatic carbocycles. The number of benzene rings is 1. The summed E-state index contributed by atoms with van der Waals surface area (Å²) in [6.07, 6.45) is 3.51. The van der Waals surface area contributed by atoms with E-state index in [4.69, 9.17) is 10.2 Å². The van der Waals surface area contributed by atoms with Gasteiger partial charge in [-0.05, 0) is 18.1 Å². The van der Waals surface area contributed by atoms with E-state index >= 15 is 0 Å². The van der Waals surface area contributed by atoms with E-state index < -0.39 is 0 Å². The average molecular weight is 273 g/mol. The van der Waals surface area contributed by atoms with Gasteiger partial charge in [0.2, 0.25) is 11.8 Å². The fourth-order valence-electron chi connectivity index (χ4n) is 1.87. The van der Waals surface area contributed by atoms with E-state index in [0.29, 0.717) is 25.3 Å². The number of nitrogen functional groups attached to an aromatic ring is 1. The predicted octanol–water partition coefficient (Wildman–Crippen LogP) is 2.07. The Kier molecular flexibility index (Phi) is 4.76. The summed E-state index contributed by atoms with van der Waals surface area (Å²) >= 11 is 0. The van der Waals surface area contributed by atoms with E-state index in [-0.39, 0.29) is 5.91 Å². The number of aryl methyl sites for hydroxylation is 2. The zero-order chi connectivity index (χ0) is 14.4. The zero-order valence-corrected chi connectivity index (χ0v) is 11.6. The van der Waals surface area contributed by atoms with Crippen molar-refractivity contribution < 1.29 is 9.21 Å². The van der Waals surface area contributed by atoms with Crippen LogP contribution in [0, 0.1) is 0 Å². The number of carbonyl (C=O) groups is 1. The van der Waals surface area contributed by atoms with Crippen LogP contribution in [-0.2, 0) is 24.2 Å². The highest BCUT2D eigenvalue weighted by molar-refractivity contribution is 5.76. The van der Waals surface area contributed by atoms with Crippen molar-refractivity contribution in [3.63, 3.8) is 0 Å². The zero-order valence-electron chi connectivity index (χ0n) is 11.6. The fourth-order valence-corrected chi connectivity index (χ4v) is 1.87. The van der Waals surface area contributed by atoms with Gasteiger partial charge in [0.15, 0.2) is 0 Å². The molecule has 0 aliphatic heterocycles. The number of amides is 1. The standard InChI is InChI=1S/C15H19N3O2/c1-2-12-9-18-15(20-12)10-17-14(19)8-7-11-5-3-4-6-13(11)16/h3-6,9H,2,7-8,10,16H2,1H3,(H,17,19). The summed E-state index contributed by atoms with van der Waals surface area (Å²) in [7, 11) is 0. The number of rotatable bonds is 6. The second-order valence-corrected chi connectivity index (χ2v) is 4.55. The molecule has 20 heavy (non-hydrogen) atoms. The molecule has 3 N–H and O–H groups in total. The predicted molar refractivity (Wildman–Crippen MR) is 76.9 cm³/mol. The molecule has 2 aromatic rings. The number of nitrogens with one attached hydrogen (secondary N) is 1. The van der Waals surface area contributed by atoms with Gasteiger partial charge in [0.25, 0.3) is 0 Å². The van der Waals surface area contributed by atoms with Gasteiger partial charge >= 0.3 is 0 Å². The molecular weight excluding hydrogens is 254 g/mol. The third kappa shape index (κ3) is 3.85. The van der Waals surface area contributed by atoms with Crippen molar-refractivity contribution in [3.8, 4) is 0 Å². The molecule has 0 radical (unpaired) electrons. The summed E-state index contributed by atoms with van der Waals surface area (Å²) in [5.74, 6) is 1.32. The van der Waals surface area contributed by atoms with E-state index in [1.807, 2.05) is 31.2 Å². The fraction of sp³-hybridized carbons (Fsp3) is 0.333. The van der Waals surface area contributed by atoms with Crippen LogP contribution in [0.1, 0.15) is 30.6 Å². The van der Waals surface area contributed by atoms with Crippen LogP contribution in [0.4, 0.5) is 5.69 Å². The van der Waals surface area contributed by atoms with Gasteiger partial charge in [0.05, 0.1) is 12.7 Å².